The fourth-order valence-corrected chi connectivity index (χ4v) is 2.90. The average molecular weight is 351 g/mol. The smallest absolute Gasteiger partial charge is 0.126 e. The van der Waals surface area contributed by atoms with Crippen LogP contribution < -0.4 is 0 Å². The van der Waals surface area contributed by atoms with Crippen molar-refractivity contribution in [3.8, 4) is 0 Å². The molecule has 0 heterocycles. The molecule has 0 aliphatic heterocycles. The lowest BCUT2D eigenvalue weighted by molar-refractivity contribution is 0.174. The van der Waals surface area contributed by atoms with Crippen molar-refractivity contribution in [3.05, 3.63) is 69.4 Å². The van der Waals surface area contributed by atoms with Crippen LogP contribution in [0.2, 0.25) is 0 Å². The van der Waals surface area contributed by atoms with E-state index in [0.717, 1.165) is 15.6 Å². The first-order valence-corrected chi connectivity index (χ1v) is 7.80. The fourth-order valence-electron chi connectivity index (χ4n) is 2.49. The van der Waals surface area contributed by atoms with E-state index in [1.165, 1.54) is 6.07 Å². The predicted octanol–water partition coefficient (Wildman–Crippen LogP) is 5.16. The summed E-state index contributed by atoms with van der Waals surface area (Å²) >= 11 is 3.34. The standard InChI is InChI=1S/C18H20BrFO/c1-18(2,3)15-7-5-4-6-14(15)17(21)11-12-10-13(19)8-9-16(12)20/h4-10,17,21H,11H2,1-3H3. The highest BCUT2D eigenvalue weighted by Crippen LogP contribution is 2.31. The van der Waals surface area contributed by atoms with Gasteiger partial charge in [-0.05, 0) is 40.3 Å². The molecule has 1 unspecified atom stereocenters. The Kier molecular flexibility index (Phi) is 4.84. The summed E-state index contributed by atoms with van der Waals surface area (Å²) in [5.41, 5.74) is 2.41. The number of halogens is 2. The van der Waals surface area contributed by atoms with Crippen molar-refractivity contribution in [2.24, 2.45) is 0 Å². The van der Waals surface area contributed by atoms with Crippen LogP contribution in [0.1, 0.15) is 43.6 Å². The number of benzene rings is 2. The number of aliphatic hydroxyl groups is 1. The Hall–Kier alpha value is -1.19. The van der Waals surface area contributed by atoms with Crippen LogP contribution in [0.4, 0.5) is 4.39 Å². The Morgan fingerprint density at radius 3 is 2.48 bits per heavy atom. The van der Waals surface area contributed by atoms with Crippen LogP contribution in [0.15, 0.2) is 46.9 Å². The molecule has 1 N–H and O–H groups in total. The Morgan fingerprint density at radius 1 is 1.14 bits per heavy atom. The summed E-state index contributed by atoms with van der Waals surface area (Å²) in [6.07, 6.45) is -0.456. The molecule has 2 rings (SSSR count). The number of hydrogen-bond donors (Lipinski definition) is 1. The molecule has 0 radical (unpaired) electrons. The molecule has 21 heavy (non-hydrogen) atoms. The van der Waals surface area contributed by atoms with Crippen molar-refractivity contribution in [2.45, 2.75) is 38.7 Å². The van der Waals surface area contributed by atoms with Gasteiger partial charge in [0.2, 0.25) is 0 Å². The summed E-state index contributed by atoms with van der Waals surface area (Å²) in [5, 5.41) is 10.6. The van der Waals surface area contributed by atoms with Gasteiger partial charge in [0.25, 0.3) is 0 Å². The minimum atomic E-state index is -0.718. The maximum atomic E-state index is 13.8. The summed E-state index contributed by atoms with van der Waals surface area (Å²) in [5.74, 6) is -0.287. The van der Waals surface area contributed by atoms with Gasteiger partial charge in [-0.2, -0.15) is 0 Å². The minimum Gasteiger partial charge on any atom is -0.388 e. The van der Waals surface area contributed by atoms with Gasteiger partial charge in [0.15, 0.2) is 0 Å². The number of aliphatic hydroxyl groups excluding tert-OH is 1. The second kappa shape index (κ2) is 6.29. The van der Waals surface area contributed by atoms with Crippen LogP contribution in [-0.2, 0) is 11.8 Å². The SMILES string of the molecule is CC(C)(C)c1ccccc1C(O)Cc1cc(Br)ccc1F. The Balaban J connectivity index is 2.33. The first-order valence-electron chi connectivity index (χ1n) is 7.00. The lowest BCUT2D eigenvalue weighted by atomic mass is 9.81. The maximum absolute atomic E-state index is 13.8. The Labute approximate surface area is 134 Å². The molecule has 0 saturated carbocycles. The third-order valence-electron chi connectivity index (χ3n) is 3.55. The second-order valence-electron chi connectivity index (χ2n) is 6.29. The molecule has 0 fully saturated rings. The summed E-state index contributed by atoms with van der Waals surface area (Å²) < 4.78 is 14.7. The maximum Gasteiger partial charge on any atom is 0.126 e. The lowest BCUT2D eigenvalue weighted by Gasteiger charge is -2.25. The van der Waals surface area contributed by atoms with E-state index in [0.29, 0.717) is 5.56 Å². The topological polar surface area (TPSA) is 20.2 Å². The van der Waals surface area contributed by atoms with Gasteiger partial charge in [0, 0.05) is 10.9 Å². The first kappa shape index (κ1) is 16.2. The van der Waals surface area contributed by atoms with E-state index >= 15 is 0 Å². The van der Waals surface area contributed by atoms with Crippen molar-refractivity contribution in [2.75, 3.05) is 0 Å². The van der Waals surface area contributed by atoms with Crippen molar-refractivity contribution >= 4 is 15.9 Å². The van der Waals surface area contributed by atoms with E-state index in [1.54, 1.807) is 12.1 Å². The zero-order chi connectivity index (χ0) is 15.6. The van der Waals surface area contributed by atoms with E-state index < -0.39 is 6.10 Å². The Bertz CT molecular complexity index is 631. The quantitative estimate of drug-likeness (QED) is 0.810. The number of rotatable bonds is 3. The summed E-state index contributed by atoms with van der Waals surface area (Å²) in [6, 6.07) is 12.6. The highest BCUT2D eigenvalue weighted by molar-refractivity contribution is 9.10. The van der Waals surface area contributed by atoms with Crippen molar-refractivity contribution in [1.29, 1.82) is 0 Å². The molecular weight excluding hydrogens is 331 g/mol. The zero-order valence-electron chi connectivity index (χ0n) is 12.5. The van der Waals surface area contributed by atoms with E-state index in [2.05, 4.69) is 36.7 Å². The van der Waals surface area contributed by atoms with Crippen molar-refractivity contribution in [1.82, 2.24) is 0 Å². The third-order valence-corrected chi connectivity index (χ3v) is 4.04. The van der Waals surface area contributed by atoms with E-state index in [4.69, 9.17) is 0 Å². The van der Waals surface area contributed by atoms with Gasteiger partial charge in [-0.25, -0.2) is 4.39 Å². The summed E-state index contributed by atoms with van der Waals surface area (Å²) in [7, 11) is 0. The van der Waals surface area contributed by atoms with Crippen LogP contribution in [0.25, 0.3) is 0 Å². The fraction of sp³-hybridized carbons (Fsp3) is 0.333. The van der Waals surface area contributed by atoms with Crippen molar-refractivity contribution < 1.29 is 9.50 Å². The van der Waals surface area contributed by atoms with Crippen LogP contribution in [0, 0.1) is 5.82 Å². The average Bonchev–Trinajstić information content (AvgIpc) is 2.42. The predicted molar refractivity (Wildman–Crippen MR) is 87.9 cm³/mol. The van der Waals surface area contributed by atoms with E-state index in [1.807, 2.05) is 24.3 Å². The van der Waals surface area contributed by atoms with Crippen LogP contribution in [0.3, 0.4) is 0 Å². The highest BCUT2D eigenvalue weighted by atomic mass is 79.9. The Morgan fingerprint density at radius 2 is 1.81 bits per heavy atom. The molecule has 1 nitrogen and oxygen atoms in total. The van der Waals surface area contributed by atoms with Crippen LogP contribution in [-0.4, -0.2) is 5.11 Å². The molecule has 2 aromatic rings. The lowest BCUT2D eigenvalue weighted by Crippen LogP contribution is -2.17. The molecule has 1 atom stereocenters. The molecule has 0 aliphatic carbocycles. The van der Waals surface area contributed by atoms with E-state index in [-0.39, 0.29) is 17.7 Å². The van der Waals surface area contributed by atoms with Gasteiger partial charge < -0.3 is 5.11 Å². The highest BCUT2D eigenvalue weighted by Gasteiger charge is 2.22. The number of hydrogen-bond acceptors (Lipinski definition) is 1. The van der Waals surface area contributed by atoms with Gasteiger partial charge >= 0.3 is 0 Å². The summed E-state index contributed by atoms with van der Waals surface area (Å²) in [6.45, 7) is 6.33. The monoisotopic (exact) mass is 350 g/mol. The van der Waals surface area contributed by atoms with Gasteiger partial charge in [0.05, 0.1) is 6.10 Å². The van der Waals surface area contributed by atoms with Gasteiger partial charge in [0.1, 0.15) is 5.82 Å². The molecule has 0 saturated heterocycles. The van der Waals surface area contributed by atoms with Crippen LogP contribution >= 0.6 is 15.9 Å². The molecule has 0 spiro atoms. The molecule has 2 aromatic carbocycles. The van der Waals surface area contributed by atoms with Gasteiger partial charge in [-0.3, -0.25) is 0 Å². The van der Waals surface area contributed by atoms with Crippen LogP contribution in [0.5, 0.6) is 0 Å². The molecule has 3 heteroatoms. The second-order valence-corrected chi connectivity index (χ2v) is 7.21. The zero-order valence-corrected chi connectivity index (χ0v) is 14.1. The van der Waals surface area contributed by atoms with Gasteiger partial charge in [-0.15, -0.1) is 0 Å². The molecular formula is C18H20BrFO. The summed E-state index contributed by atoms with van der Waals surface area (Å²) in [4.78, 5) is 0. The molecule has 0 bridgehead atoms. The molecule has 0 aliphatic rings. The normalized spacial score (nSPS) is 13.2. The third kappa shape index (κ3) is 3.92. The molecule has 112 valence electrons. The molecule has 0 amide bonds. The molecule has 0 aromatic heterocycles. The largest absolute Gasteiger partial charge is 0.388 e. The first-order chi connectivity index (χ1) is 9.79. The van der Waals surface area contributed by atoms with Crippen molar-refractivity contribution in [3.63, 3.8) is 0 Å². The van der Waals surface area contributed by atoms with Gasteiger partial charge in [-0.1, -0.05) is 61.0 Å². The minimum absolute atomic E-state index is 0.0621. The van der Waals surface area contributed by atoms with E-state index in [9.17, 15) is 9.50 Å².